The molecule has 0 saturated heterocycles. The molecule has 0 aliphatic carbocycles. The molecule has 0 aromatic rings. The third-order valence-corrected chi connectivity index (χ3v) is 0. The van der Waals surface area contributed by atoms with Crippen LogP contribution >= 0.6 is 11.6 Å². The Hall–Kier alpha value is -0.115. The second kappa shape index (κ2) is 9.30. The molecule has 0 rings (SSSR count). The molecule has 0 amide bonds. The first-order chi connectivity index (χ1) is 3.15. The molecule has 0 fully saturated rings. The van der Waals surface area contributed by atoms with Crippen molar-refractivity contribution in [2.75, 3.05) is 0 Å². The minimum Gasteiger partial charge on any atom is -0.254 e. The number of hydrogen-bond acceptors (Lipinski definition) is 0. The molecule has 0 bridgehead atoms. The van der Waals surface area contributed by atoms with Gasteiger partial charge in [-0.15, -0.1) is 0 Å². The first-order valence-electron chi connectivity index (χ1n) is 1.28. The highest BCUT2D eigenvalue weighted by atomic mass is 35.5. The average molecular weight is 130 g/mol. The lowest BCUT2D eigenvalue weighted by Gasteiger charge is -1.55. The first kappa shape index (κ1) is 9.99. The van der Waals surface area contributed by atoms with Crippen molar-refractivity contribution < 1.29 is 12.9 Å². The molecule has 0 aromatic heterocycles. The van der Waals surface area contributed by atoms with Crippen molar-refractivity contribution in [3.63, 3.8) is 0 Å². The smallest absolute Gasteiger partial charge is 0.254 e. The molecule has 0 heterocycles. The molecule has 0 nitrogen and oxygen atoms in total. The summed E-state index contributed by atoms with van der Waals surface area (Å²) in [5.41, 5.74) is 1.22. The van der Waals surface area contributed by atoms with Crippen LogP contribution in [0.3, 0.4) is 0 Å². The monoisotopic (exact) mass is 130 g/mol. The topological polar surface area (TPSA) is 0 Å². The van der Waals surface area contributed by atoms with Crippen LogP contribution in [0.1, 0.15) is 0 Å². The van der Waals surface area contributed by atoms with Gasteiger partial charge >= 0.3 is 7.54 Å². The summed E-state index contributed by atoms with van der Waals surface area (Å²) < 4.78 is 29.0. The van der Waals surface area contributed by atoms with Crippen LogP contribution < -0.4 is 0 Å². The fraction of sp³-hybridized carbons (Fsp3) is 0. The lowest BCUT2D eigenvalue weighted by atomic mass is 10.5. The predicted molar refractivity (Wildman–Crippen MR) is 25.1 cm³/mol. The van der Waals surface area contributed by atoms with E-state index < -0.39 is 7.54 Å². The lowest BCUT2D eigenvalue weighted by Crippen LogP contribution is -1.76. The Kier molecular flexibility index (Phi) is 13.3. The third-order valence-electron chi connectivity index (χ3n) is 0. The van der Waals surface area contributed by atoms with Gasteiger partial charge in [-0.1, -0.05) is 18.2 Å². The zero-order valence-corrected chi connectivity index (χ0v) is 4.13. The van der Waals surface area contributed by atoms with Gasteiger partial charge < -0.3 is 0 Å². The molecule has 7 heavy (non-hydrogen) atoms. The minimum absolute atomic E-state index is 1.22. The van der Waals surface area contributed by atoms with Crippen LogP contribution in [-0.4, -0.2) is 7.54 Å². The summed E-state index contributed by atoms with van der Waals surface area (Å²) in [6, 6.07) is 0. The van der Waals surface area contributed by atoms with Crippen molar-refractivity contribution in [2.45, 2.75) is 0 Å². The van der Waals surface area contributed by atoms with Crippen LogP contribution in [0.25, 0.3) is 0 Å². The molecule has 42 valence electrons. The Labute approximate surface area is 45.2 Å². The molecule has 0 N–H and O–H groups in total. The first-order valence-corrected chi connectivity index (χ1v) is 1.72. The van der Waals surface area contributed by atoms with Crippen molar-refractivity contribution in [1.29, 1.82) is 0 Å². The molecule has 0 spiro atoms. The Morgan fingerprint density at radius 3 is 1.43 bits per heavy atom. The Morgan fingerprint density at radius 1 is 1.43 bits per heavy atom. The Balaban J connectivity index is 0. The fourth-order valence-corrected chi connectivity index (χ4v) is 0. The zero-order valence-electron chi connectivity index (χ0n) is 3.37. The Bertz CT molecular complexity index is 37.2. The highest BCUT2D eigenvalue weighted by Gasteiger charge is 2.06. The van der Waals surface area contributed by atoms with Crippen LogP contribution in [0.4, 0.5) is 12.9 Å². The molecule has 0 aliphatic rings. The van der Waals surface area contributed by atoms with Crippen molar-refractivity contribution in [3.8, 4) is 0 Å². The molecule has 5 heteroatoms. The number of halogens is 4. The molecule has 0 unspecified atom stereocenters. The van der Waals surface area contributed by atoms with E-state index in [9.17, 15) is 12.9 Å². The molecule has 0 atom stereocenters. The van der Waals surface area contributed by atoms with Crippen molar-refractivity contribution in [2.24, 2.45) is 0 Å². The minimum atomic E-state index is -3.67. The summed E-state index contributed by atoms with van der Waals surface area (Å²) in [7, 11) is -3.67. The van der Waals surface area contributed by atoms with Gasteiger partial charge in [-0.3, -0.25) is 12.9 Å². The summed E-state index contributed by atoms with van der Waals surface area (Å²) in [6.45, 7) is 3.13. The van der Waals surface area contributed by atoms with Gasteiger partial charge in [0.2, 0.25) is 0 Å². The third kappa shape index (κ3) is 6710. The highest BCUT2D eigenvalue weighted by molar-refractivity contribution is 6.33. The van der Waals surface area contributed by atoms with E-state index in [0.29, 0.717) is 0 Å². The quantitative estimate of drug-likeness (QED) is 0.441. The standard InChI is InChI=1S/C2H3Cl.BF3/c1-2-3;2-1(3)4/h2H,1H2;. The van der Waals surface area contributed by atoms with Crippen molar-refractivity contribution in [1.82, 2.24) is 0 Å². The largest absolute Gasteiger partial charge is 0.762 e. The highest BCUT2D eigenvalue weighted by Crippen LogP contribution is 1.80. The number of rotatable bonds is 0. The average Bonchev–Trinajstić information content (AvgIpc) is 1.33. The SMILES string of the molecule is C=CCl.FB(F)F. The van der Waals surface area contributed by atoms with Crippen LogP contribution in [-0.2, 0) is 0 Å². The van der Waals surface area contributed by atoms with E-state index in [1.165, 1.54) is 5.54 Å². The van der Waals surface area contributed by atoms with Crippen molar-refractivity contribution in [3.05, 3.63) is 12.1 Å². The second-order valence-corrected chi connectivity index (χ2v) is 0.710. The van der Waals surface area contributed by atoms with Gasteiger partial charge in [0.1, 0.15) is 0 Å². The lowest BCUT2D eigenvalue weighted by molar-refractivity contribution is 0.535. The summed E-state index contributed by atoms with van der Waals surface area (Å²) in [4.78, 5) is 0. The fourth-order valence-electron chi connectivity index (χ4n) is 0. The van der Waals surface area contributed by atoms with Crippen LogP contribution in [0, 0.1) is 0 Å². The van der Waals surface area contributed by atoms with Gasteiger partial charge in [-0.05, 0) is 5.54 Å². The molecule has 0 aromatic carbocycles. The maximum absolute atomic E-state index is 9.67. The molecular formula is C2H3BClF3. The van der Waals surface area contributed by atoms with Crippen LogP contribution in [0.5, 0.6) is 0 Å². The summed E-state index contributed by atoms with van der Waals surface area (Å²) in [5.74, 6) is 0. The Morgan fingerprint density at radius 2 is 1.43 bits per heavy atom. The van der Waals surface area contributed by atoms with E-state index in [2.05, 4.69) is 6.58 Å². The van der Waals surface area contributed by atoms with Gasteiger partial charge in [-0.2, -0.15) is 0 Å². The van der Waals surface area contributed by atoms with E-state index in [1.807, 2.05) is 0 Å². The molecule has 0 saturated carbocycles. The van der Waals surface area contributed by atoms with Gasteiger partial charge in [0.05, 0.1) is 0 Å². The van der Waals surface area contributed by atoms with E-state index in [4.69, 9.17) is 11.6 Å². The van der Waals surface area contributed by atoms with E-state index in [-0.39, 0.29) is 0 Å². The summed E-state index contributed by atoms with van der Waals surface area (Å²) in [5, 5.41) is 0. The van der Waals surface area contributed by atoms with E-state index >= 15 is 0 Å². The van der Waals surface area contributed by atoms with Crippen molar-refractivity contribution >= 4 is 19.1 Å². The maximum atomic E-state index is 9.67. The molecule has 0 aliphatic heterocycles. The molecular weight excluding hydrogens is 127 g/mol. The van der Waals surface area contributed by atoms with Crippen LogP contribution in [0.2, 0.25) is 0 Å². The van der Waals surface area contributed by atoms with Gasteiger partial charge in [0.15, 0.2) is 0 Å². The van der Waals surface area contributed by atoms with E-state index in [0.717, 1.165) is 0 Å². The summed E-state index contributed by atoms with van der Waals surface area (Å²) >= 11 is 4.76. The summed E-state index contributed by atoms with van der Waals surface area (Å²) in [6.07, 6.45) is 0. The maximum Gasteiger partial charge on any atom is 0.762 e. The van der Waals surface area contributed by atoms with Gasteiger partial charge in [-0.25, -0.2) is 0 Å². The normalized spacial score (nSPS) is 5.71. The van der Waals surface area contributed by atoms with Gasteiger partial charge in [0, 0.05) is 0 Å². The van der Waals surface area contributed by atoms with E-state index in [1.54, 1.807) is 0 Å². The van der Waals surface area contributed by atoms with Gasteiger partial charge in [0.25, 0.3) is 0 Å². The van der Waals surface area contributed by atoms with Crippen LogP contribution in [0.15, 0.2) is 12.1 Å². The predicted octanol–water partition coefficient (Wildman–Crippen LogP) is 2.25. The number of hydrogen-bond donors (Lipinski definition) is 0. The zero-order chi connectivity index (χ0) is 6.28. The second-order valence-electron chi connectivity index (χ2n) is 0.402. The molecule has 0 radical (unpaired) electrons.